The molecule has 14 heavy (non-hydrogen) atoms. The lowest BCUT2D eigenvalue weighted by Gasteiger charge is -2.27. The number of rotatable bonds is 4. The Bertz CT molecular complexity index is 185. The van der Waals surface area contributed by atoms with Crippen molar-refractivity contribution in [2.45, 2.75) is 44.7 Å². The van der Waals surface area contributed by atoms with Gasteiger partial charge in [0.15, 0.2) is 0 Å². The molecule has 0 spiro atoms. The molecule has 0 aromatic carbocycles. The molecule has 0 aromatic rings. The first-order valence-corrected chi connectivity index (χ1v) is 5.35. The monoisotopic (exact) mass is 200 g/mol. The summed E-state index contributed by atoms with van der Waals surface area (Å²) in [4.78, 5) is 11.3. The molecule has 0 aliphatic heterocycles. The molecule has 1 amide bonds. The maximum Gasteiger partial charge on any atom is 0.246 e. The van der Waals surface area contributed by atoms with Crippen LogP contribution < -0.4 is 11.1 Å². The van der Waals surface area contributed by atoms with E-state index in [1.807, 2.05) is 6.92 Å². The lowest BCUT2D eigenvalue weighted by atomic mass is 9.92. The van der Waals surface area contributed by atoms with E-state index in [0.29, 0.717) is 6.61 Å². The molecule has 0 heterocycles. The number of carbonyl (C=O) groups excluding carboxylic acids is 1. The minimum absolute atomic E-state index is 0.0223. The molecule has 1 fully saturated rings. The third-order valence-electron chi connectivity index (χ3n) is 2.52. The average Bonchev–Trinajstić information content (AvgIpc) is 2.15. The van der Waals surface area contributed by atoms with Gasteiger partial charge in [0.2, 0.25) is 5.91 Å². The molecule has 4 nitrogen and oxygen atoms in total. The Kier molecular flexibility index (Phi) is 4.90. The Morgan fingerprint density at radius 2 is 2.36 bits per heavy atom. The third-order valence-corrected chi connectivity index (χ3v) is 2.52. The number of nitrogens with two attached hydrogens (primary N) is 1. The minimum atomic E-state index is -0.0223. The zero-order valence-corrected chi connectivity index (χ0v) is 8.79. The second-order valence-electron chi connectivity index (χ2n) is 3.83. The van der Waals surface area contributed by atoms with Crippen molar-refractivity contribution in [3.05, 3.63) is 0 Å². The molecular weight excluding hydrogens is 180 g/mol. The third kappa shape index (κ3) is 4.07. The van der Waals surface area contributed by atoms with Gasteiger partial charge in [-0.1, -0.05) is 0 Å². The summed E-state index contributed by atoms with van der Waals surface area (Å²) in [6.45, 7) is 2.63. The first-order valence-electron chi connectivity index (χ1n) is 5.35. The van der Waals surface area contributed by atoms with E-state index in [1.54, 1.807) is 0 Å². The second-order valence-corrected chi connectivity index (χ2v) is 3.83. The number of hydrogen-bond donors (Lipinski definition) is 2. The van der Waals surface area contributed by atoms with Crippen LogP contribution in [0, 0.1) is 0 Å². The van der Waals surface area contributed by atoms with Gasteiger partial charge >= 0.3 is 0 Å². The van der Waals surface area contributed by atoms with E-state index in [1.165, 1.54) is 0 Å². The van der Waals surface area contributed by atoms with Crippen molar-refractivity contribution in [1.82, 2.24) is 5.32 Å². The Morgan fingerprint density at radius 3 is 3.00 bits per heavy atom. The van der Waals surface area contributed by atoms with Gasteiger partial charge < -0.3 is 15.8 Å². The lowest BCUT2D eigenvalue weighted by molar-refractivity contribution is -0.126. The minimum Gasteiger partial charge on any atom is -0.372 e. The number of hydrogen-bond acceptors (Lipinski definition) is 3. The van der Waals surface area contributed by atoms with Crippen LogP contribution in [-0.2, 0) is 9.53 Å². The normalized spacial score (nSPS) is 27.3. The maximum absolute atomic E-state index is 11.3. The van der Waals surface area contributed by atoms with E-state index in [9.17, 15) is 4.79 Å². The summed E-state index contributed by atoms with van der Waals surface area (Å²) in [6, 6.07) is 0.507. The van der Waals surface area contributed by atoms with Crippen LogP contribution in [-0.4, -0.2) is 31.2 Å². The van der Waals surface area contributed by atoms with E-state index >= 15 is 0 Å². The van der Waals surface area contributed by atoms with Crippen molar-refractivity contribution < 1.29 is 9.53 Å². The molecule has 1 aliphatic rings. The van der Waals surface area contributed by atoms with Crippen LogP contribution in [0.5, 0.6) is 0 Å². The quantitative estimate of drug-likeness (QED) is 0.691. The van der Waals surface area contributed by atoms with E-state index < -0.39 is 0 Å². The Hall–Kier alpha value is -0.610. The standard InChI is InChI=1S/C10H20N2O2/c1-2-14-7-10(13)12-9-5-3-4-8(11)6-9/h8-9H,2-7,11H2,1H3,(H,12,13). The summed E-state index contributed by atoms with van der Waals surface area (Å²) in [5.74, 6) is -0.0223. The number of ether oxygens (including phenoxy) is 1. The van der Waals surface area contributed by atoms with Gasteiger partial charge in [-0.05, 0) is 32.6 Å². The van der Waals surface area contributed by atoms with Gasteiger partial charge in [0.1, 0.15) is 6.61 Å². The van der Waals surface area contributed by atoms with Crippen molar-refractivity contribution in [3.63, 3.8) is 0 Å². The largest absolute Gasteiger partial charge is 0.372 e. The summed E-state index contributed by atoms with van der Waals surface area (Å²) >= 11 is 0. The fourth-order valence-electron chi connectivity index (χ4n) is 1.82. The number of amides is 1. The molecule has 4 heteroatoms. The predicted octanol–water partition coefficient (Wildman–Crippen LogP) is 0.409. The zero-order valence-electron chi connectivity index (χ0n) is 8.79. The second kappa shape index (κ2) is 5.98. The Labute approximate surface area is 85.2 Å². The van der Waals surface area contributed by atoms with Crippen molar-refractivity contribution >= 4 is 5.91 Å². The molecule has 0 saturated heterocycles. The summed E-state index contributed by atoms with van der Waals surface area (Å²) in [5, 5.41) is 2.94. The van der Waals surface area contributed by atoms with E-state index in [-0.39, 0.29) is 24.6 Å². The fraction of sp³-hybridized carbons (Fsp3) is 0.900. The van der Waals surface area contributed by atoms with Crippen LogP contribution >= 0.6 is 0 Å². The van der Waals surface area contributed by atoms with Crippen LogP contribution in [0.2, 0.25) is 0 Å². The van der Waals surface area contributed by atoms with Gasteiger partial charge in [-0.15, -0.1) is 0 Å². The molecule has 1 rings (SSSR count). The predicted molar refractivity (Wildman–Crippen MR) is 54.9 cm³/mol. The lowest BCUT2D eigenvalue weighted by Crippen LogP contribution is -2.43. The highest BCUT2D eigenvalue weighted by molar-refractivity contribution is 5.77. The molecule has 0 aromatic heterocycles. The SMILES string of the molecule is CCOCC(=O)NC1CCCC(N)C1. The zero-order chi connectivity index (χ0) is 10.4. The van der Waals surface area contributed by atoms with E-state index in [2.05, 4.69) is 5.32 Å². The highest BCUT2D eigenvalue weighted by Crippen LogP contribution is 2.16. The molecule has 2 unspecified atom stereocenters. The first-order chi connectivity index (χ1) is 6.72. The number of nitrogens with one attached hydrogen (secondary N) is 1. The topological polar surface area (TPSA) is 64.3 Å². The van der Waals surface area contributed by atoms with Crippen LogP contribution in [0.3, 0.4) is 0 Å². The van der Waals surface area contributed by atoms with Gasteiger partial charge in [0.25, 0.3) is 0 Å². The van der Waals surface area contributed by atoms with Crippen molar-refractivity contribution in [2.24, 2.45) is 5.73 Å². The van der Waals surface area contributed by atoms with E-state index in [4.69, 9.17) is 10.5 Å². The molecule has 1 saturated carbocycles. The maximum atomic E-state index is 11.3. The summed E-state index contributed by atoms with van der Waals surface area (Å²) in [5.41, 5.74) is 5.82. The molecule has 1 aliphatic carbocycles. The smallest absolute Gasteiger partial charge is 0.246 e. The van der Waals surface area contributed by atoms with Crippen molar-refractivity contribution in [1.29, 1.82) is 0 Å². The number of carbonyl (C=O) groups is 1. The van der Waals surface area contributed by atoms with Gasteiger partial charge in [0, 0.05) is 18.7 Å². The fourth-order valence-corrected chi connectivity index (χ4v) is 1.82. The highest BCUT2D eigenvalue weighted by atomic mass is 16.5. The van der Waals surface area contributed by atoms with Crippen LogP contribution in [0.1, 0.15) is 32.6 Å². The molecule has 3 N–H and O–H groups in total. The van der Waals surface area contributed by atoms with Gasteiger partial charge in [-0.2, -0.15) is 0 Å². The van der Waals surface area contributed by atoms with Crippen LogP contribution in [0.4, 0.5) is 0 Å². The van der Waals surface area contributed by atoms with Crippen molar-refractivity contribution in [3.8, 4) is 0 Å². The van der Waals surface area contributed by atoms with Gasteiger partial charge in [0.05, 0.1) is 0 Å². The van der Waals surface area contributed by atoms with Crippen molar-refractivity contribution in [2.75, 3.05) is 13.2 Å². The highest BCUT2D eigenvalue weighted by Gasteiger charge is 2.20. The molecule has 0 radical (unpaired) electrons. The Morgan fingerprint density at radius 1 is 1.57 bits per heavy atom. The van der Waals surface area contributed by atoms with Gasteiger partial charge in [-0.25, -0.2) is 0 Å². The Balaban J connectivity index is 2.18. The summed E-state index contributed by atoms with van der Waals surface area (Å²) in [6.07, 6.45) is 4.14. The van der Waals surface area contributed by atoms with Crippen LogP contribution in [0.25, 0.3) is 0 Å². The molecular formula is C10H20N2O2. The summed E-state index contributed by atoms with van der Waals surface area (Å²) < 4.78 is 5.02. The average molecular weight is 200 g/mol. The van der Waals surface area contributed by atoms with E-state index in [0.717, 1.165) is 25.7 Å². The van der Waals surface area contributed by atoms with Crippen LogP contribution in [0.15, 0.2) is 0 Å². The van der Waals surface area contributed by atoms with Gasteiger partial charge in [-0.3, -0.25) is 4.79 Å². The first kappa shape index (κ1) is 11.5. The molecule has 82 valence electrons. The summed E-state index contributed by atoms with van der Waals surface area (Å²) in [7, 11) is 0. The molecule has 0 bridgehead atoms. The molecule has 2 atom stereocenters.